The van der Waals surface area contributed by atoms with Crippen LogP contribution in [0.1, 0.15) is 16.8 Å². The van der Waals surface area contributed by atoms with Gasteiger partial charge >= 0.3 is 0 Å². The lowest BCUT2D eigenvalue weighted by atomic mass is 10.1. The van der Waals surface area contributed by atoms with Crippen LogP contribution in [0.25, 0.3) is 5.69 Å². The van der Waals surface area contributed by atoms with E-state index < -0.39 is 0 Å². The number of hydrogen-bond acceptors (Lipinski definition) is 1. The van der Waals surface area contributed by atoms with Crippen LogP contribution in [0.15, 0.2) is 36.5 Å². The largest absolute Gasteiger partial charge is 0.319 e. The van der Waals surface area contributed by atoms with E-state index in [1.54, 1.807) is 0 Å². The van der Waals surface area contributed by atoms with Gasteiger partial charge in [-0.1, -0.05) is 17.7 Å². The van der Waals surface area contributed by atoms with Gasteiger partial charge in [0.25, 0.3) is 0 Å². The molecule has 2 rings (SSSR count). The number of benzene rings is 1. The van der Waals surface area contributed by atoms with E-state index in [0.717, 1.165) is 6.54 Å². The van der Waals surface area contributed by atoms with Crippen LogP contribution in [-0.4, -0.2) is 11.6 Å². The maximum Gasteiger partial charge on any atom is 0.0482 e. The molecule has 1 aromatic carbocycles. The van der Waals surface area contributed by atoms with Gasteiger partial charge in [0.15, 0.2) is 0 Å². The molecule has 0 atom stereocenters. The van der Waals surface area contributed by atoms with Crippen LogP contribution < -0.4 is 5.32 Å². The number of aromatic nitrogens is 1. The normalized spacial score (nSPS) is 10.7. The van der Waals surface area contributed by atoms with E-state index in [0.29, 0.717) is 0 Å². The summed E-state index contributed by atoms with van der Waals surface area (Å²) in [6, 6.07) is 10.8. The number of nitrogens with zero attached hydrogens (tertiary/aromatic N) is 1. The average molecular weight is 214 g/mol. The van der Waals surface area contributed by atoms with E-state index in [2.05, 4.69) is 60.3 Å². The summed E-state index contributed by atoms with van der Waals surface area (Å²) in [4.78, 5) is 0. The minimum absolute atomic E-state index is 0.889. The van der Waals surface area contributed by atoms with Crippen LogP contribution in [-0.2, 0) is 6.54 Å². The molecule has 0 spiro atoms. The summed E-state index contributed by atoms with van der Waals surface area (Å²) in [5, 5.41) is 3.19. The standard InChI is InChI=1S/C14H18N2/c1-11-6-7-14(12(2)9-11)16-8-4-5-13(16)10-15-3/h4-9,15H,10H2,1-3H3. The Hall–Kier alpha value is -1.54. The Morgan fingerprint density at radius 2 is 2.00 bits per heavy atom. The van der Waals surface area contributed by atoms with Crippen molar-refractivity contribution >= 4 is 0 Å². The summed E-state index contributed by atoms with van der Waals surface area (Å²) in [7, 11) is 1.97. The fourth-order valence-electron chi connectivity index (χ4n) is 2.05. The van der Waals surface area contributed by atoms with E-state index in [9.17, 15) is 0 Å². The molecule has 84 valence electrons. The molecule has 0 bridgehead atoms. The fourth-order valence-corrected chi connectivity index (χ4v) is 2.05. The van der Waals surface area contributed by atoms with Crippen LogP contribution in [0.2, 0.25) is 0 Å². The Labute approximate surface area is 96.9 Å². The van der Waals surface area contributed by atoms with Crippen LogP contribution in [0.5, 0.6) is 0 Å². The molecule has 2 aromatic rings. The molecule has 0 aliphatic heterocycles. The smallest absolute Gasteiger partial charge is 0.0482 e. The molecular weight excluding hydrogens is 196 g/mol. The fraction of sp³-hybridized carbons (Fsp3) is 0.286. The third-order valence-electron chi connectivity index (χ3n) is 2.80. The van der Waals surface area contributed by atoms with Gasteiger partial charge in [-0.3, -0.25) is 0 Å². The second-order valence-corrected chi connectivity index (χ2v) is 4.19. The SMILES string of the molecule is CNCc1cccn1-c1ccc(C)cc1C. The van der Waals surface area contributed by atoms with Gasteiger partial charge in [-0.25, -0.2) is 0 Å². The highest BCUT2D eigenvalue weighted by atomic mass is 15.0. The third-order valence-corrected chi connectivity index (χ3v) is 2.80. The van der Waals surface area contributed by atoms with Crippen LogP contribution in [0, 0.1) is 13.8 Å². The van der Waals surface area contributed by atoms with Gasteiger partial charge in [-0.05, 0) is 44.7 Å². The quantitative estimate of drug-likeness (QED) is 0.831. The molecule has 0 aliphatic rings. The van der Waals surface area contributed by atoms with Crippen molar-refractivity contribution in [3.63, 3.8) is 0 Å². The third kappa shape index (κ3) is 2.02. The summed E-state index contributed by atoms with van der Waals surface area (Å²) in [5.74, 6) is 0. The van der Waals surface area contributed by atoms with Crippen molar-refractivity contribution < 1.29 is 0 Å². The zero-order chi connectivity index (χ0) is 11.5. The summed E-state index contributed by atoms with van der Waals surface area (Å²) >= 11 is 0. The highest BCUT2D eigenvalue weighted by Crippen LogP contribution is 2.18. The molecule has 0 saturated carbocycles. The van der Waals surface area contributed by atoms with Crippen LogP contribution in [0.3, 0.4) is 0 Å². The van der Waals surface area contributed by atoms with Gasteiger partial charge in [0.05, 0.1) is 0 Å². The van der Waals surface area contributed by atoms with Gasteiger partial charge in [-0.2, -0.15) is 0 Å². The summed E-state index contributed by atoms with van der Waals surface area (Å²) in [5.41, 5.74) is 5.17. The first-order chi connectivity index (χ1) is 7.72. The Morgan fingerprint density at radius 1 is 1.19 bits per heavy atom. The lowest BCUT2D eigenvalue weighted by Gasteiger charge is -2.12. The van der Waals surface area contributed by atoms with E-state index in [1.165, 1.54) is 22.5 Å². The first-order valence-electron chi connectivity index (χ1n) is 5.61. The van der Waals surface area contributed by atoms with Crippen LogP contribution in [0.4, 0.5) is 0 Å². The Balaban J connectivity index is 2.46. The zero-order valence-corrected chi connectivity index (χ0v) is 10.1. The minimum atomic E-state index is 0.889. The second-order valence-electron chi connectivity index (χ2n) is 4.19. The van der Waals surface area contributed by atoms with Crippen molar-refractivity contribution in [2.45, 2.75) is 20.4 Å². The first-order valence-corrected chi connectivity index (χ1v) is 5.61. The van der Waals surface area contributed by atoms with Crippen molar-refractivity contribution in [1.82, 2.24) is 9.88 Å². The zero-order valence-electron chi connectivity index (χ0n) is 10.1. The highest BCUT2D eigenvalue weighted by Gasteiger charge is 2.04. The van der Waals surface area contributed by atoms with Gasteiger partial charge in [-0.15, -0.1) is 0 Å². The van der Waals surface area contributed by atoms with E-state index >= 15 is 0 Å². The van der Waals surface area contributed by atoms with Gasteiger partial charge in [0, 0.05) is 24.1 Å². The number of nitrogens with one attached hydrogen (secondary N) is 1. The minimum Gasteiger partial charge on any atom is -0.319 e. The topological polar surface area (TPSA) is 17.0 Å². The molecule has 0 saturated heterocycles. The van der Waals surface area contributed by atoms with Gasteiger partial charge < -0.3 is 9.88 Å². The molecule has 1 N–H and O–H groups in total. The molecule has 1 heterocycles. The summed E-state index contributed by atoms with van der Waals surface area (Å²) < 4.78 is 2.24. The van der Waals surface area contributed by atoms with Crippen molar-refractivity contribution in [2.75, 3.05) is 7.05 Å². The van der Waals surface area contributed by atoms with Crippen molar-refractivity contribution in [3.8, 4) is 5.69 Å². The lowest BCUT2D eigenvalue weighted by molar-refractivity contribution is 0.767. The summed E-state index contributed by atoms with van der Waals surface area (Å²) in [6.45, 7) is 5.17. The molecular formula is C14H18N2. The maximum atomic E-state index is 3.19. The molecule has 0 fully saturated rings. The molecule has 0 aliphatic carbocycles. The number of aryl methyl sites for hydroxylation is 2. The Morgan fingerprint density at radius 3 is 2.69 bits per heavy atom. The van der Waals surface area contributed by atoms with E-state index in [-0.39, 0.29) is 0 Å². The number of rotatable bonds is 3. The highest BCUT2D eigenvalue weighted by molar-refractivity contribution is 5.44. The molecule has 0 amide bonds. The van der Waals surface area contributed by atoms with Gasteiger partial charge in [0.1, 0.15) is 0 Å². The molecule has 2 heteroatoms. The number of hydrogen-bond donors (Lipinski definition) is 1. The van der Waals surface area contributed by atoms with Crippen molar-refractivity contribution in [1.29, 1.82) is 0 Å². The summed E-state index contributed by atoms with van der Waals surface area (Å²) in [6.07, 6.45) is 2.12. The van der Waals surface area contributed by atoms with Gasteiger partial charge in [0.2, 0.25) is 0 Å². The lowest BCUT2D eigenvalue weighted by Crippen LogP contribution is -2.10. The average Bonchev–Trinajstić information content (AvgIpc) is 2.67. The molecule has 16 heavy (non-hydrogen) atoms. The molecule has 0 radical (unpaired) electrons. The van der Waals surface area contributed by atoms with Crippen molar-refractivity contribution in [2.24, 2.45) is 0 Å². The predicted octanol–water partition coefficient (Wildman–Crippen LogP) is 2.81. The second kappa shape index (κ2) is 4.54. The van der Waals surface area contributed by atoms with Crippen molar-refractivity contribution in [3.05, 3.63) is 53.3 Å². The Bertz CT molecular complexity index is 483. The van der Waals surface area contributed by atoms with E-state index in [4.69, 9.17) is 0 Å². The Kier molecular flexibility index (Phi) is 3.11. The molecule has 0 unspecified atom stereocenters. The predicted molar refractivity (Wildman–Crippen MR) is 68.0 cm³/mol. The molecule has 2 nitrogen and oxygen atoms in total. The maximum absolute atomic E-state index is 3.19. The molecule has 1 aromatic heterocycles. The first kappa shape index (κ1) is 11.0. The van der Waals surface area contributed by atoms with Crippen LogP contribution >= 0.6 is 0 Å². The monoisotopic (exact) mass is 214 g/mol. The van der Waals surface area contributed by atoms with E-state index in [1.807, 2.05) is 7.05 Å².